The summed E-state index contributed by atoms with van der Waals surface area (Å²) in [6.07, 6.45) is 0.992. The molecule has 2 N–H and O–H groups in total. The number of rotatable bonds is 6. The van der Waals surface area contributed by atoms with Crippen molar-refractivity contribution in [2.24, 2.45) is 0 Å². The van der Waals surface area contributed by atoms with Crippen LogP contribution in [0, 0.1) is 0 Å². The van der Waals surface area contributed by atoms with Crippen molar-refractivity contribution < 1.29 is 9.59 Å². The standard InChI is InChI=1S/C22H23N3O2S2/c26-21(23-12-19-6-3-10-29-19)22(27)24-13-20(18-8-11-28-15-18)25-9-7-16-4-1-2-5-17(16)14-25/h1-6,8,10-11,15,20H,7,9,12-14H2,(H,23,26)(H,24,27). The fraction of sp³-hybridized carbons (Fsp3) is 0.273. The first kappa shape index (κ1) is 19.8. The Kier molecular flexibility index (Phi) is 6.39. The van der Waals surface area contributed by atoms with Gasteiger partial charge in [0.2, 0.25) is 0 Å². The minimum absolute atomic E-state index is 0.0450. The van der Waals surface area contributed by atoms with Crippen molar-refractivity contribution >= 4 is 34.5 Å². The summed E-state index contributed by atoms with van der Waals surface area (Å²) in [5.74, 6) is -1.18. The SMILES string of the molecule is O=C(NCc1cccs1)C(=O)NCC(c1ccsc1)N1CCc2ccccc2C1. The van der Waals surface area contributed by atoms with Crippen LogP contribution in [0.3, 0.4) is 0 Å². The van der Waals surface area contributed by atoms with Crippen LogP contribution >= 0.6 is 22.7 Å². The second-order valence-corrected chi connectivity index (χ2v) is 8.85. The van der Waals surface area contributed by atoms with Crippen molar-refractivity contribution in [3.63, 3.8) is 0 Å². The molecule has 1 unspecified atom stereocenters. The van der Waals surface area contributed by atoms with E-state index in [4.69, 9.17) is 0 Å². The second-order valence-electron chi connectivity index (χ2n) is 7.03. The van der Waals surface area contributed by atoms with E-state index in [0.29, 0.717) is 13.1 Å². The summed E-state index contributed by atoms with van der Waals surface area (Å²) in [4.78, 5) is 27.9. The van der Waals surface area contributed by atoms with Gasteiger partial charge < -0.3 is 10.6 Å². The molecule has 150 valence electrons. The second kappa shape index (κ2) is 9.35. The molecule has 0 radical (unpaired) electrons. The highest BCUT2D eigenvalue weighted by Crippen LogP contribution is 2.28. The molecule has 2 amide bonds. The average Bonchev–Trinajstić information content (AvgIpc) is 3.46. The van der Waals surface area contributed by atoms with Gasteiger partial charge in [0.25, 0.3) is 0 Å². The molecule has 1 atom stereocenters. The number of thiophene rings is 2. The Morgan fingerprint density at radius 2 is 1.83 bits per heavy atom. The molecular weight excluding hydrogens is 402 g/mol. The van der Waals surface area contributed by atoms with Gasteiger partial charge in [0.15, 0.2) is 0 Å². The molecule has 5 nitrogen and oxygen atoms in total. The summed E-state index contributed by atoms with van der Waals surface area (Å²) in [5, 5.41) is 11.6. The fourth-order valence-electron chi connectivity index (χ4n) is 3.64. The molecule has 4 rings (SSSR count). The normalized spacial score (nSPS) is 14.8. The van der Waals surface area contributed by atoms with Gasteiger partial charge in [0, 0.05) is 24.5 Å². The van der Waals surface area contributed by atoms with Gasteiger partial charge in [-0.05, 0) is 51.4 Å². The Morgan fingerprint density at radius 1 is 1.00 bits per heavy atom. The predicted octanol–water partition coefficient (Wildman–Crippen LogP) is 3.34. The van der Waals surface area contributed by atoms with Crippen LogP contribution in [0.4, 0.5) is 0 Å². The third-order valence-corrected chi connectivity index (χ3v) is 6.77. The number of nitrogens with zero attached hydrogens (tertiary/aromatic N) is 1. The minimum Gasteiger partial charge on any atom is -0.346 e. The summed E-state index contributed by atoms with van der Waals surface area (Å²) in [5.41, 5.74) is 3.90. The summed E-state index contributed by atoms with van der Waals surface area (Å²) in [6, 6.07) is 14.5. The maximum absolute atomic E-state index is 12.3. The molecule has 3 aromatic rings. The Balaban J connectivity index is 1.38. The molecule has 1 aliphatic heterocycles. The summed E-state index contributed by atoms with van der Waals surface area (Å²) in [6.45, 7) is 2.56. The van der Waals surface area contributed by atoms with E-state index < -0.39 is 11.8 Å². The highest BCUT2D eigenvalue weighted by atomic mass is 32.1. The first-order valence-electron chi connectivity index (χ1n) is 9.62. The average molecular weight is 426 g/mol. The van der Waals surface area contributed by atoms with Crippen molar-refractivity contribution in [1.82, 2.24) is 15.5 Å². The van der Waals surface area contributed by atoms with E-state index in [2.05, 4.69) is 56.6 Å². The minimum atomic E-state index is -0.591. The van der Waals surface area contributed by atoms with E-state index >= 15 is 0 Å². The van der Waals surface area contributed by atoms with E-state index in [-0.39, 0.29) is 6.04 Å². The van der Waals surface area contributed by atoms with Crippen LogP contribution in [-0.2, 0) is 29.1 Å². The molecule has 2 aromatic heterocycles. The smallest absolute Gasteiger partial charge is 0.309 e. The van der Waals surface area contributed by atoms with Crippen LogP contribution in [0.15, 0.2) is 58.6 Å². The molecule has 0 aliphatic carbocycles. The molecule has 0 saturated heterocycles. The van der Waals surface area contributed by atoms with Crippen molar-refractivity contribution in [1.29, 1.82) is 0 Å². The summed E-state index contributed by atoms with van der Waals surface area (Å²) >= 11 is 3.20. The van der Waals surface area contributed by atoms with Gasteiger partial charge >= 0.3 is 11.8 Å². The number of amides is 2. The maximum atomic E-state index is 12.3. The molecule has 0 fully saturated rings. The number of carbonyl (C=O) groups excluding carboxylic acids is 2. The molecule has 29 heavy (non-hydrogen) atoms. The van der Waals surface area contributed by atoms with Gasteiger partial charge in [-0.25, -0.2) is 0 Å². The topological polar surface area (TPSA) is 61.4 Å². The first-order valence-corrected chi connectivity index (χ1v) is 11.4. The van der Waals surface area contributed by atoms with E-state index in [0.717, 1.165) is 24.4 Å². The number of nitrogens with one attached hydrogen (secondary N) is 2. The van der Waals surface area contributed by atoms with E-state index in [1.165, 1.54) is 16.7 Å². The lowest BCUT2D eigenvalue weighted by atomic mass is 9.97. The van der Waals surface area contributed by atoms with Gasteiger partial charge in [-0.2, -0.15) is 11.3 Å². The summed E-state index contributed by atoms with van der Waals surface area (Å²) in [7, 11) is 0. The zero-order valence-corrected chi connectivity index (χ0v) is 17.6. The van der Waals surface area contributed by atoms with Crippen LogP contribution < -0.4 is 10.6 Å². The highest BCUT2D eigenvalue weighted by molar-refractivity contribution is 7.09. The molecule has 0 saturated carbocycles. The van der Waals surface area contributed by atoms with Gasteiger partial charge in [-0.3, -0.25) is 14.5 Å². The molecule has 1 aliphatic rings. The number of carbonyl (C=O) groups is 2. The maximum Gasteiger partial charge on any atom is 0.309 e. The number of hydrogen-bond donors (Lipinski definition) is 2. The lowest BCUT2D eigenvalue weighted by molar-refractivity contribution is -0.139. The number of fused-ring (bicyclic) bond motifs is 1. The highest BCUT2D eigenvalue weighted by Gasteiger charge is 2.26. The number of benzene rings is 1. The monoisotopic (exact) mass is 425 g/mol. The lowest BCUT2D eigenvalue weighted by Crippen LogP contribution is -2.44. The molecule has 0 bridgehead atoms. The van der Waals surface area contributed by atoms with Gasteiger partial charge in [0.1, 0.15) is 0 Å². The molecule has 7 heteroatoms. The van der Waals surface area contributed by atoms with E-state index in [1.54, 1.807) is 22.7 Å². The van der Waals surface area contributed by atoms with Crippen molar-refractivity contribution in [3.05, 3.63) is 80.2 Å². The fourth-order valence-corrected chi connectivity index (χ4v) is 4.99. The van der Waals surface area contributed by atoms with Crippen molar-refractivity contribution in [3.8, 4) is 0 Å². The Bertz CT molecular complexity index is 954. The van der Waals surface area contributed by atoms with E-state index in [9.17, 15) is 9.59 Å². The van der Waals surface area contributed by atoms with Crippen LogP contribution in [0.5, 0.6) is 0 Å². The van der Waals surface area contributed by atoms with Crippen molar-refractivity contribution in [2.75, 3.05) is 13.1 Å². The van der Waals surface area contributed by atoms with Gasteiger partial charge in [-0.15, -0.1) is 11.3 Å². The van der Waals surface area contributed by atoms with Crippen LogP contribution in [0.2, 0.25) is 0 Å². The zero-order chi connectivity index (χ0) is 20.1. The van der Waals surface area contributed by atoms with Gasteiger partial charge in [0.05, 0.1) is 12.6 Å². The molecular formula is C22H23N3O2S2. The molecule has 3 heterocycles. The Hall–Kier alpha value is -2.48. The Labute approximate surface area is 178 Å². The first-order chi connectivity index (χ1) is 14.2. The molecule has 1 aromatic carbocycles. The number of hydrogen-bond acceptors (Lipinski definition) is 5. The Morgan fingerprint density at radius 3 is 2.59 bits per heavy atom. The lowest BCUT2D eigenvalue weighted by Gasteiger charge is -2.35. The van der Waals surface area contributed by atoms with Gasteiger partial charge in [-0.1, -0.05) is 30.3 Å². The molecule has 0 spiro atoms. The quantitative estimate of drug-likeness (QED) is 0.596. The largest absolute Gasteiger partial charge is 0.346 e. The van der Waals surface area contributed by atoms with Crippen LogP contribution in [-0.4, -0.2) is 29.8 Å². The summed E-state index contributed by atoms with van der Waals surface area (Å²) < 4.78 is 0. The van der Waals surface area contributed by atoms with Crippen LogP contribution in [0.1, 0.15) is 27.6 Å². The zero-order valence-electron chi connectivity index (χ0n) is 16.0. The van der Waals surface area contributed by atoms with E-state index in [1.807, 2.05) is 17.5 Å². The predicted molar refractivity (Wildman–Crippen MR) is 117 cm³/mol. The van der Waals surface area contributed by atoms with Crippen LogP contribution in [0.25, 0.3) is 0 Å². The van der Waals surface area contributed by atoms with Crippen molar-refractivity contribution in [2.45, 2.75) is 25.6 Å². The third kappa shape index (κ3) is 4.93. The third-order valence-electron chi connectivity index (χ3n) is 5.19.